The number of aliphatic hydroxyl groups is 1. The number of nitrogens with zero attached hydrogens (tertiary/aromatic N) is 1. The van der Waals surface area contributed by atoms with Crippen molar-refractivity contribution in [3.8, 4) is 5.75 Å². The summed E-state index contributed by atoms with van der Waals surface area (Å²) in [6.07, 6.45) is 2.49. The molecular weight excluding hydrogens is 308 g/mol. The van der Waals surface area contributed by atoms with Gasteiger partial charge in [0.25, 0.3) is 5.91 Å². The number of carbonyl (C=O) groups is 1. The van der Waals surface area contributed by atoms with Crippen molar-refractivity contribution < 1.29 is 23.4 Å². The zero-order chi connectivity index (χ0) is 16.3. The van der Waals surface area contributed by atoms with Crippen molar-refractivity contribution in [3.63, 3.8) is 0 Å². The average Bonchev–Trinajstić information content (AvgIpc) is 2.69. The lowest BCUT2D eigenvalue weighted by Crippen LogP contribution is -2.29. The number of hydrogen-bond acceptors (Lipinski definition) is 5. The predicted molar refractivity (Wildman–Crippen MR) is 81.8 cm³/mol. The first-order valence-electron chi connectivity index (χ1n) is 7.16. The third-order valence-electron chi connectivity index (χ3n) is 3.49. The minimum absolute atomic E-state index is 0.0464. The number of amides is 1. The molecule has 0 saturated carbocycles. The molecular formula is C14H20N2O5S. The maximum absolute atomic E-state index is 11.7. The molecule has 122 valence electrons. The van der Waals surface area contributed by atoms with E-state index in [1.165, 1.54) is 12.1 Å². The summed E-state index contributed by atoms with van der Waals surface area (Å²) in [5.74, 6) is -0.876. The number of phenolic OH excluding ortho intramolecular Hbond substituents is 1. The number of hydrogen-bond donors (Lipinski definition) is 3. The van der Waals surface area contributed by atoms with Gasteiger partial charge in [0, 0.05) is 0 Å². The molecule has 0 aromatic heterocycles. The van der Waals surface area contributed by atoms with Gasteiger partial charge < -0.3 is 10.2 Å². The molecule has 0 spiro atoms. The molecule has 1 fully saturated rings. The second-order valence-corrected chi connectivity index (χ2v) is 6.96. The summed E-state index contributed by atoms with van der Waals surface area (Å²) < 4.78 is 26.2. The molecule has 22 heavy (non-hydrogen) atoms. The Balaban J connectivity index is 2.15. The molecule has 1 unspecified atom stereocenters. The number of carbonyl (C=O) groups excluding carboxylic acids is 1. The molecule has 1 saturated heterocycles. The van der Waals surface area contributed by atoms with Crippen LogP contribution in [-0.4, -0.2) is 37.2 Å². The Hall–Kier alpha value is -1.80. The highest BCUT2D eigenvalue weighted by Gasteiger charge is 2.35. The van der Waals surface area contributed by atoms with Gasteiger partial charge in [-0.3, -0.25) is 4.79 Å². The lowest BCUT2D eigenvalue weighted by molar-refractivity contribution is -0.117. The molecule has 1 atom stereocenters. The lowest BCUT2D eigenvalue weighted by atomic mass is 10.0. The van der Waals surface area contributed by atoms with Crippen LogP contribution in [-0.2, 0) is 21.4 Å². The van der Waals surface area contributed by atoms with E-state index in [0.29, 0.717) is 18.4 Å². The molecule has 1 aromatic rings. The maximum Gasteiger partial charge on any atom is 0.326 e. The molecule has 1 amide bonds. The van der Waals surface area contributed by atoms with E-state index in [1.807, 2.05) is 11.6 Å². The van der Waals surface area contributed by atoms with Crippen molar-refractivity contribution in [1.29, 1.82) is 0 Å². The summed E-state index contributed by atoms with van der Waals surface area (Å²) in [6, 6.07) is 4.50. The number of phenols is 1. The largest absolute Gasteiger partial charge is 0.506 e. The summed E-state index contributed by atoms with van der Waals surface area (Å²) in [5, 5.41) is 19.9. The van der Waals surface area contributed by atoms with E-state index in [0.717, 1.165) is 17.1 Å². The van der Waals surface area contributed by atoms with Crippen LogP contribution in [0.4, 0.5) is 5.69 Å². The van der Waals surface area contributed by atoms with Crippen LogP contribution in [0.2, 0.25) is 0 Å². The topological polar surface area (TPSA) is 107 Å². The molecule has 0 bridgehead atoms. The third kappa shape index (κ3) is 3.69. The van der Waals surface area contributed by atoms with Crippen molar-refractivity contribution in [3.05, 3.63) is 23.8 Å². The Morgan fingerprint density at radius 2 is 2.14 bits per heavy atom. The Morgan fingerprint density at radius 1 is 1.41 bits per heavy atom. The molecule has 1 aliphatic heterocycles. The average molecular weight is 328 g/mol. The summed E-state index contributed by atoms with van der Waals surface area (Å²) >= 11 is 0. The normalized spacial score (nSPS) is 18.3. The fourth-order valence-electron chi connectivity index (χ4n) is 2.38. The second-order valence-electron chi connectivity index (χ2n) is 5.36. The Morgan fingerprint density at radius 3 is 2.68 bits per heavy atom. The van der Waals surface area contributed by atoms with Crippen LogP contribution in [0.1, 0.15) is 31.7 Å². The van der Waals surface area contributed by atoms with Gasteiger partial charge in [0.2, 0.25) is 0 Å². The molecule has 3 N–H and O–H groups in total. The molecule has 7 nitrogen and oxygen atoms in total. The fraction of sp³-hybridized carbons (Fsp3) is 0.500. The Bertz CT molecular complexity index is 659. The van der Waals surface area contributed by atoms with Gasteiger partial charge in [-0.25, -0.2) is 9.03 Å². The van der Waals surface area contributed by atoms with Crippen molar-refractivity contribution in [2.24, 2.45) is 0 Å². The van der Waals surface area contributed by atoms with Crippen molar-refractivity contribution >= 4 is 21.8 Å². The first-order valence-corrected chi connectivity index (χ1v) is 8.60. The molecule has 0 aliphatic carbocycles. The van der Waals surface area contributed by atoms with Crippen LogP contribution in [0.5, 0.6) is 5.75 Å². The van der Waals surface area contributed by atoms with Gasteiger partial charge in [-0.2, -0.15) is 8.42 Å². The summed E-state index contributed by atoms with van der Waals surface area (Å²) in [7, 11) is -3.94. The zero-order valence-electron chi connectivity index (χ0n) is 12.3. The van der Waals surface area contributed by atoms with Crippen LogP contribution in [0.15, 0.2) is 18.2 Å². The van der Waals surface area contributed by atoms with E-state index in [9.17, 15) is 23.4 Å². The Kier molecular flexibility index (Phi) is 4.92. The van der Waals surface area contributed by atoms with Gasteiger partial charge >= 0.3 is 10.2 Å². The van der Waals surface area contributed by atoms with Gasteiger partial charge in [-0.05, 0) is 30.5 Å². The first kappa shape index (κ1) is 16.6. The number of anilines is 1. The summed E-state index contributed by atoms with van der Waals surface area (Å²) in [6.45, 7) is 1.69. The minimum atomic E-state index is -3.94. The maximum atomic E-state index is 11.7. The van der Waals surface area contributed by atoms with Gasteiger partial charge in [-0.15, -0.1) is 0 Å². The molecule has 2 rings (SSSR count). The smallest absolute Gasteiger partial charge is 0.326 e. The van der Waals surface area contributed by atoms with Crippen LogP contribution in [0, 0.1) is 0 Å². The quantitative estimate of drug-likeness (QED) is 0.711. The van der Waals surface area contributed by atoms with Gasteiger partial charge in [0.05, 0.1) is 11.8 Å². The zero-order valence-corrected chi connectivity index (χ0v) is 13.1. The summed E-state index contributed by atoms with van der Waals surface area (Å²) in [5.41, 5.74) is 0.755. The van der Waals surface area contributed by atoms with Crippen molar-refractivity contribution in [2.75, 3.05) is 10.8 Å². The van der Waals surface area contributed by atoms with Gasteiger partial charge in [0.15, 0.2) is 0 Å². The highest BCUT2D eigenvalue weighted by Crippen LogP contribution is 2.31. The lowest BCUT2D eigenvalue weighted by Gasteiger charge is -2.17. The number of aliphatic hydroxyl groups excluding tert-OH is 1. The van der Waals surface area contributed by atoms with E-state index in [1.54, 1.807) is 6.07 Å². The van der Waals surface area contributed by atoms with E-state index < -0.39 is 22.2 Å². The molecule has 1 aromatic carbocycles. The van der Waals surface area contributed by atoms with E-state index >= 15 is 0 Å². The van der Waals surface area contributed by atoms with Crippen LogP contribution >= 0.6 is 0 Å². The van der Waals surface area contributed by atoms with Crippen LogP contribution in [0.25, 0.3) is 0 Å². The number of nitrogens with one attached hydrogen (secondary N) is 1. The molecule has 0 radical (unpaired) electrons. The highest BCUT2D eigenvalue weighted by molar-refractivity contribution is 7.92. The number of rotatable bonds is 6. The number of aromatic hydroxyl groups is 1. The SMILES string of the molecule is CCCCC(O)Cc1ccc(N2CC(=O)NS2(=O)=O)c(O)c1. The number of benzene rings is 1. The molecule has 8 heteroatoms. The Labute approximate surface area is 129 Å². The third-order valence-corrected chi connectivity index (χ3v) is 4.88. The van der Waals surface area contributed by atoms with Gasteiger partial charge in [0.1, 0.15) is 12.3 Å². The van der Waals surface area contributed by atoms with Crippen molar-refractivity contribution in [2.45, 2.75) is 38.7 Å². The predicted octanol–water partition coefficient (Wildman–Crippen LogP) is 0.667. The van der Waals surface area contributed by atoms with Gasteiger partial charge in [-0.1, -0.05) is 25.8 Å². The van der Waals surface area contributed by atoms with E-state index in [-0.39, 0.29) is 18.0 Å². The highest BCUT2D eigenvalue weighted by atomic mass is 32.2. The molecule has 1 heterocycles. The summed E-state index contributed by atoms with van der Waals surface area (Å²) in [4.78, 5) is 11.2. The minimum Gasteiger partial charge on any atom is -0.506 e. The standard InChI is InChI=1S/C14H20N2O5S/c1-2-3-4-11(17)7-10-5-6-12(13(18)8-10)16-9-14(19)15-22(16,20)21/h5-6,8,11,17-18H,2-4,7,9H2,1H3,(H,15,19). The second kappa shape index (κ2) is 6.53. The fourth-order valence-corrected chi connectivity index (χ4v) is 3.55. The molecule has 1 aliphatic rings. The van der Waals surface area contributed by atoms with Crippen LogP contribution in [0.3, 0.4) is 0 Å². The van der Waals surface area contributed by atoms with Crippen LogP contribution < -0.4 is 9.03 Å². The van der Waals surface area contributed by atoms with E-state index in [4.69, 9.17) is 0 Å². The van der Waals surface area contributed by atoms with E-state index in [2.05, 4.69) is 0 Å². The first-order chi connectivity index (χ1) is 10.3. The monoisotopic (exact) mass is 328 g/mol. The number of unbranched alkanes of at least 4 members (excludes halogenated alkanes) is 1. The van der Waals surface area contributed by atoms with Crippen molar-refractivity contribution in [1.82, 2.24) is 4.72 Å².